The van der Waals surface area contributed by atoms with Crippen LogP contribution in [0.15, 0.2) is 18.2 Å². The third kappa shape index (κ3) is 3.65. The van der Waals surface area contributed by atoms with Gasteiger partial charge < -0.3 is 15.7 Å². The lowest BCUT2D eigenvalue weighted by Crippen LogP contribution is -2.39. The number of hydrogen-bond acceptors (Lipinski definition) is 4. The van der Waals surface area contributed by atoms with Crippen molar-refractivity contribution in [1.82, 2.24) is 5.32 Å². The van der Waals surface area contributed by atoms with Crippen LogP contribution in [0.5, 0.6) is 5.75 Å². The summed E-state index contributed by atoms with van der Waals surface area (Å²) in [5.74, 6) is 2.37. The van der Waals surface area contributed by atoms with Crippen molar-refractivity contribution in [3.8, 4) is 5.75 Å². The van der Waals surface area contributed by atoms with Crippen LogP contribution in [-0.2, 0) is 4.79 Å². The van der Waals surface area contributed by atoms with Gasteiger partial charge in [0.2, 0.25) is 5.91 Å². The average Bonchev–Trinajstić information content (AvgIpc) is 2.35. The van der Waals surface area contributed by atoms with Gasteiger partial charge in [0.15, 0.2) is 0 Å². The van der Waals surface area contributed by atoms with Gasteiger partial charge >= 0.3 is 0 Å². The Balaban J connectivity index is 1.88. The Morgan fingerprint density at radius 1 is 1.61 bits per heavy atom. The second kappa shape index (κ2) is 6.11. The van der Waals surface area contributed by atoms with E-state index in [9.17, 15) is 9.90 Å². The molecule has 2 rings (SSSR count). The molecular weight excluding hydrogens is 248 g/mol. The second-order valence-corrected chi connectivity index (χ2v) is 5.63. The van der Waals surface area contributed by atoms with Crippen LogP contribution in [0, 0.1) is 6.92 Å². The number of phenolic OH excluding ortho intramolecular Hbond substituents is 1. The molecule has 0 radical (unpaired) electrons. The lowest BCUT2D eigenvalue weighted by molar-refractivity contribution is -0.116. The lowest BCUT2D eigenvalue weighted by atomic mass is 10.2. The molecule has 5 heteroatoms. The van der Waals surface area contributed by atoms with Gasteiger partial charge in [-0.2, -0.15) is 11.8 Å². The highest BCUT2D eigenvalue weighted by atomic mass is 32.2. The van der Waals surface area contributed by atoms with E-state index in [1.165, 1.54) is 0 Å². The molecule has 0 saturated carbocycles. The van der Waals surface area contributed by atoms with Crippen LogP contribution in [0.3, 0.4) is 0 Å². The van der Waals surface area contributed by atoms with Crippen LogP contribution in [0.4, 0.5) is 5.69 Å². The summed E-state index contributed by atoms with van der Waals surface area (Å²) in [5, 5.41) is 15.6. The molecule has 1 aliphatic heterocycles. The Morgan fingerprint density at radius 3 is 3.11 bits per heavy atom. The van der Waals surface area contributed by atoms with Gasteiger partial charge in [0, 0.05) is 36.2 Å². The molecule has 18 heavy (non-hydrogen) atoms. The number of hydrogen-bond donors (Lipinski definition) is 3. The fraction of sp³-hybridized carbons (Fsp3) is 0.462. The van der Waals surface area contributed by atoms with Crippen molar-refractivity contribution in [2.75, 3.05) is 23.4 Å². The number of aryl methyl sites for hydroxylation is 1. The van der Waals surface area contributed by atoms with Gasteiger partial charge in [0.25, 0.3) is 0 Å². The minimum absolute atomic E-state index is 0.0140. The van der Waals surface area contributed by atoms with E-state index in [0.29, 0.717) is 6.42 Å². The minimum Gasteiger partial charge on any atom is -0.508 e. The number of aromatic hydroxyl groups is 1. The topological polar surface area (TPSA) is 61.4 Å². The first kappa shape index (κ1) is 13.2. The Morgan fingerprint density at radius 2 is 2.44 bits per heavy atom. The molecule has 1 saturated heterocycles. The number of rotatable bonds is 3. The number of amides is 1. The molecule has 98 valence electrons. The van der Waals surface area contributed by atoms with Gasteiger partial charge in [0.1, 0.15) is 5.75 Å². The van der Waals surface area contributed by atoms with Crippen LogP contribution >= 0.6 is 11.8 Å². The summed E-state index contributed by atoms with van der Waals surface area (Å²) in [6, 6.07) is 5.35. The van der Waals surface area contributed by atoms with Crippen molar-refractivity contribution in [2.24, 2.45) is 0 Å². The van der Waals surface area contributed by atoms with E-state index in [1.54, 1.807) is 18.2 Å². The molecule has 1 amide bonds. The molecule has 0 aliphatic carbocycles. The molecule has 1 aliphatic rings. The molecule has 0 spiro atoms. The van der Waals surface area contributed by atoms with E-state index in [4.69, 9.17) is 0 Å². The molecule has 1 fully saturated rings. The monoisotopic (exact) mass is 266 g/mol. The van der Waals surface area contributed by atoms with Gasteiger partial charge in [-0.25, -0.2) is 0 Å². The number of thioether (sulfide) groups is 1. The maximum Gasteiger partial charge on any atom is 0.225 e. The summed E-state index contributed by atoms with van der Waals surface area (Å²) in [6.45, 7) is 2.78. The third-order valence-corrected chi connectivity index (χ3v) is 4.04. The largest absolute Gasteiger partial charge is 0.508 e. The Hall–Kier alpha value is -1.20. The van der Waals surface area contributed by atoms with Crippen LogP contribution in [0.2, 0.25) is 0 Å². The quantitative estimate of drug-likeness (QED) is 0.729. The molecule has 1 atom stereocenters. The maximum atomic E-state index is 11.9. The Labute approximate surface area is 111 Å². The predicted octanol–water partition coefficient (Wildman–Crippen LogP) is 1.73. The van der Waals surface area contributed by atoms with E-state index < -0.39 is 0 Å². The van der Waals surface area contributed by atoms with Gasteiger partial charge in [-0.3, -0.25) is 4.79 Å². The van der Waals surface area contributed by atoms with Crippen molar-refractivity contribution in [3.63, 3.8) is 0 Å². The first-order valence-electron chi connectivity index (χ1n) is 6.06. The van der Waals surface area contributed by atoms with Crippen LogP contribution in [0.1, 0.15) is 12.0 Å². The standard InChI is InChI=1S/C13H18N2O2S/c1-9-6-10(2-3-12(9)16)15-13(17)7-11-8-18-5-4-14-11/h2-3,6,11,14,16H,4-5,7-8H2,1H3,(H,15,17). The van der Waals surface area contributed by atoms with E-state index in [0.717, 1.165) is 29.3 Å². The summed E-state index contributed by atoms with van der Waals surface area (Å²) in [4.78, 5) is 11.9. The molecule has 4 nitrogen and oxygen atoms in total. The number of nitrogens with one attached hydrogen (secondary N) is 2. The van der Waals surface area contributed by atoms with Gasteiger partial charge in [-0.15, -0.1) is 0 Å². The van der Waals surface area contributed by atoms with E-state index >= 15 is 0 Å². The van der Waals surface area contributed by atoms with Gasteiger partial charge in [0.05, 0.1) is 0 Å². The van der Waals surface area contributed by atoms with Crippen molar-refractivity contribution >= 4 is 23.4 Å². The molecule has 1 heterocycles. The molecule has 0 aromatic heterocycles. The molecular formula is C13H18N2O2S. The van der Waals surface area contributed by atoms with Crippen LogP contribution in [0.25, 0.3) is 0 Å². The highest BCUT2D eigenvalue weighted by Crippen LogP contribution is 2.20. The number of benzene rings is 1. The summed E-state index contributed by atoms with van der Waals surface area (Å²) < 4.78 is 0. The van der Waals surface area contributed by atoms with Gasteiger partial charge in [-0.1, -0.05) is 0 Å². The number of anilines is 1. The smallest absolute Gasteiger partial charge is 0.225 e. The van der Waals surface area contributed by atoms with Crippen LogP contribution < -0.4 is 10.6 Å². The normalized spacial score (nSPS) is 19.5. The maximum absolute atomic E-state index is 11.9. The van der Waals surface area contributed by atoms with Crippen molar-refractivity contribution < 1.29 is 9.90 Å². The van der Waals surface area contributed by atoms with Gasteiger partial charge in [-0.05, 0) is 30.7 Å². The zero-order chi connectivity index (χ0) is 13.0. The second-order valence-electron chi connectivity index (χ2n) is 4.48. The van der Waals surface area contributed by atoms with Crippen LogP contribution in [-0.4, -0.2) is 35.1 Å². The first-order chi connectivity index (χ1) is 8.65. The molecule has 1 aromatic rings. The summed E-state index contributed by atoms with van der Waals surface area (Å²) in [5.41, 5.74) is 1.50. The van der Waals surface area contributed by atoms with Crippen molar-refractivity contribution in [3.05, 3.63) is 23.8 Å². The average molecular weight is 266 g/mol. The zero-order valence-electron chi connectivity index (χ0n) is 10.4. The highest BCUT2D eigenvalue weighted by Gasteiger charge is 2.16. The van der Waals surface area contributed by atoms with E-state index in [1.807, 2.05) is 18.7 Å². The zero-order valence-corrected chi connectivity index (χ0v) is 11.2. The highest BCUT2D eigenvalue weighted by molar-refractivity contribution is 7.99. The fourth-order valence-electron chi connectivity index (χ4n) is 1.92. The van der Waals surface area contributed by atoms with E-state index in [2.05, 4.69) is 10.6 Å². The fourth-order valence-corrected chi connectivity index (χ4v) is 2.87. The molecule has 0 bridgehead atoms. The summed E-state index contributed by atoms with van der Waals surface area (Å²) in [6.07, 6.45) is 0.493. The lowest BCUT2D eigenvalue weighted by Gasteiger charge is -2.22. The summed E-state index contributed by atoms with van der Waals surface area (Å²) in [7, 11) is 0. The summed E-state index contributed by atoms with van der Waals surface area (Å²) >= 11 is 1.88. The molecule has 1 aromatic carbocycles. The number of carbonyl (C=O) groups excluding carboxylic acids is 1. The third-order valence-electron chi connectivity index (χ3n) is 2.91. The Bertz CT molecular complexity index is 431. The molecule has 3 N–H and O–H groups in total. The SMILES string of the molecule is Cc1cc(NC(=O)CC2CSCCN2)ccc1O. The van der Waals surface area contributed by atoms with Crippen molar-refractivity contribution in [1.29, 1.82) is 0 Å². The predicted molar refractivity (Wildman–Crippen MR) is 75.2 cm³/mol. The molecule has 1 unspecified atom stereocenters. The van der Waals surface area contributed by atoms with E-state index in [-0.39, 0.29) is 17.7 Å². The Kier molecular flexibility index (Phi) is 4.49. The number of carbonyl (C=O) groups is 1. The number of phenols is 1. The van der Waals surface area contributed by atoms with Crippen molar-refractivity contribution in [2.45, 2.75) is 19.4 Å². The minimum atomic E-state index is 0.0140. The first-order valence-corrected chi connectivity index (χ1v) is 7.21.